The number of nitrogens with one attached hydrogen (secondary N) is 1. The summed E-state index contributed by atoms with van der Waals surface area (Å²) in [4.78, 5) is 28.4. The first-order chi connectivity index (χ1) is 33.9. The molecule has 0 spiro atoms. The summed E-state index contributed by atoms with van der Waals surface area (Å²) < 4.78 is 11.8. The van der Waals surface area contributed by atoms with Gasteiger partial charge in [-0.3, -0.25) is 4.79 Å². The molecule has 0 aromatic heterocycles. The molecule has 400 valence electrons. The molecule has 0 saturated carbocycles. The zero-order valence-corrected chi connectivity index (χ0v) is 46.4. The van der Waals surface area contributed by atoms with Crippen LogP contribution >= 0.6 is 0 Å². The molecule has 0 aliphatic rings. The Labute approximate surface area is 429 Å². The second-order valence-electron chi connectivity index (χ2n) is 20.5. The third kappa shape index (κ3) is 51.3. The van der Waals surface area contributed by atoms with Crippen molar-refractivity contribution in [1.29, 1.82) is 0 Å². The predicted octanol–water partition coefficient (Wildman–Crippen LogP) is 19.4. The summed E-state index contributed by atoms with van der Waals surface area (Å²) in [6, 6.07) is 0. The lowest BCUT2D eigenvalue weighted by Crippen LogP contribution is -2.41. The zero-order valence-electron chi connectivity index (χ0n) is 46.4. The van der Waals surface area contributed by atoms with Crippen LogP contribution in [0.3, 0.4) is 0 Å². The molecule has 0 aliphatic heterocycles. The third-order valence-electron chi connectivity index (χ3n) is 13.3. The van der Waals surface area contributed by atoms with Gasteiger partial charge in [0.25, 0.3) is 0 Å². The molecule has 6 heteroatoms. The van der Waals surface area contributed by atoms with Crippen molar-refractivity contribution in [3.63, 3.8) is 0 Å². The van der Waals surface area contributed by atoms with Crippen LogP contribution in [0.4, 0.5) is 4.79 Å². The number of unbranched alkanes of at least 4 members (excludes halogenated alkanes) is 26. The van der Waals surface area contributed by atoms with Crippen molar-refractivity contribution in [3.8, 4) is 0 Å². The second-order valence-corrected chi connectivity index (χ2v) is 20.5. The third-order valence-corrected chi connectivity index (χ3v) is 13.3. The molecule has 0 heterocycles. The van der Waals surface area contributed by atoms with E-state index in [0.717, 1.165) is 83.6 Å². The van der Waals surface area contributed by atoms with Crippen molar-refractivity contribution in [1.82, 2.24) is 10.2 Å². The highest BCUT2D eigenvalue weighted by Gasteiger charge is 2.32. The number of hydrogen-bond acceptors (Lipinski definition) is 5. The highest BCUT2D eigenvalue weighted by molar-refractivity contribution is 5.69. The largest absolute Gasteiger partial charge is 0.465 e. The monoisotopic (exact) mass is 963 g/mol. The van der Waals surface area contributed by atoms with Crippen LogP contribution < -0.4 is 5.32 Å². The maximum absolute atomic E-state index is 13.3. The first-order valence-corrected chi connectivity index (χ1v) is 29.5. The predicted molar refractivity (Wildman–Crippen MR) is 303 cm³/mol. The van der Waals surface area contributed by atoms with Gasteiger partial charge in [-0.1, -0.05) is 216 Å². The maximum atomic E-state index is 13.3. The van der Waals surface area contributed by atoms with Crippen LogP contribution in [0.1, 0.15) is 271 Å². The molecule has 0 radical (unpaired) electrons. The molecule has 0 bridgehead atoms. The smallest absolute Gasteiger partial charge is 0.407 e. The molecule has 0 atom stereocenters. The molecule has 0 unspecified atom stereocenters. The molecule has 0 rings (SSSR count). The topological polar surface area (TPSA) is 67.9 Å². The minimum absolute atomic E-state index is 0.0922. The number of hydrogen-bond donors (Lipinski definition) is 1. The van der Waals surface area contributed by atoms with Crippen molar-refractivity contribution in [3.05, 3.63) is 72.9 Å². The Balaban J connectivity index is 5.20. The molecule has 69 heavy (non-hydrogen) atoms. The Hall–Kier alpha value is -2.86. The Morgan fingerprint density at radius 1 is 0.420 bits per heavy atom. The van der Waals surface area contributed by atoms with Crippen LogP contribution in [-0.2, 0) is 14.3 Å². The lowest BCUT2D eigenvalue weighted by Gasteiger charge is -2.34. The van der Waals surface area contributed by atoms with Crippen LogP contribution in [0, 0.1) is 5.41 Å². The molecular formula is C63H114N2O4. The number of nitrogens with zero attached hydrogens (tertiary/aromatic N) is 1. The summed E-state index contributed by atoms with van der Waals surface area (Å²) in [5.41, 5.74) is -0.291. The molecule has 0 saturated heterocycles. The quantitative estimate of drug-likeness (QED) is 0.0374. The molecule has 0 aromatic carbocycles. The number of ether oxygens (including phenoxy) is 2. The van der Waals surface area contributed by atoms with Gasteiger partial charge >= 0.3 is 12.1 Å². The van der Waals surface area contributed by atoms with Gasteiger partial charge in [-0.15, -0.1) is 0 Å². The lowest BCUT2D eigenvalue weighted by atomic mass is 9.78. The van der Waals surface area contributed by atoms with Gasteiger partial charge in [0.05, 0.1) is 13.2 Å². The minimum Gasteiger partial charge on any atom is -0.465 e. The standard InChI is InChI=1S/C63H114N2O4/c1-6-9-12-15-18-21-24-27-30-33-36-39-42-45-48-51-55-63(59-64-62(67)68-58-53-57-65(4)5,56-52-49-46-43-40-37-34-31-28-25-22-19-16-13-10-7-2)60-69-61(66)54-50-47-44-41-38-35-32-29-26-23-20-17-14-11-8-3/h18-23,27-32H,6-17,24-26,33-60H2,1-5H3,(H,64,67)/b21-18-,22-19-,23-20+,30-27-,31-28-,32-29+. The lowest BCUT2D eigenvalue weighted by molar-refractivity contribution is -0.147. The Bertz CT molecular complexity index is 1230. The van der Waals surface area contributed by atoms with Gasteiger partial charge in [-0.2, -0.15) is 0 Å². The van der Waals surface area contributed by atoms with E-state index in [1.165, 1.54) is 167 Å². The second kappa shape index (κ2) is 54.5. The fourth-order valence-corrected chi connectivity index (χ4v) is 8.72. The van der Waals surface area contributed by atoms with E-state index in [4.69, 9.17) is 9.47 Å². The number of esters is 1. The first-order valence-electron chi connectivity index (χ1n) is 29.5. The van der Waals surface area contributed by atoms with Gasteiger partial charge in [0.2, 0.25) is 0 Å². The Morgan fingerprint density at radius 2 is 0.768 bits per heavy atom. The molecule has 0 aliphatic carbocycles. The fraction of sp³-hybridized carbons (Fsp3) is 0.778. The average molecular weight is 964 g/mol. The maximum Gasteiger partial charge on any atom is 0.407 e. The van der Waals surface area contributed by atoms with Gasteiger partial charge in [0.15, 0.2) is 0 Å². The van der Waals surface area contributed by atoms with E-state index in [9.17, 15) is 9.59 Å². The summed E-state index contributed by atoms with van der Waals surface area (Å²) in [6.07, 6.45) is 72.7. The van der Waals surface area contributed by atoms with Gasteiger partial charge in [0.1, 0.15) is 0 Å². The summed E-state index contributed by atoms with van der Waals surface area (Å²) in [7, 11) is 4.07. The van der Waals surface area contributed by atoms with E-state index in [2.05, 4.69) is 104 Å². The van der Waals surface area contributed by atoms with Crippen molar-refractivity contribution >= 4 is 12.1 Å². The summed E-state index contributed by atoms with van der Waals surface area (Å²) >= 11 is 0. The molecular weight excluding hydrogens is 849 g/mol. The van der Waals surface area contributed by atoms with Crippen LogP contribution in [0.25, 0.3) is 0 Å². The SMILES string of the molecule is CCCCC/C=C\C/C=C\CCCCCCCCC(CCCCCCCC/C=C\C/C=C\CCCCC)(CNC(=O)OCCCN(C)C)COC(=O)CCCCCCC/C=C/C/C=C/CCCCC. The Kier molecular flexibility index (Phi) is 52.2. The number of rotatable bonds is 52. The zero-order chi connectivity index (χ0) is 50.2. The van der Waals surface area contributed by atoms with E-state index in [1.54, 1.807) is 0 Å². The van der Waals surface area contributed by atoms with Crippen molar-refractivity contribution in [2.75, 3.05) is 40.4 Å². The van der Waals surface area contributed by atoms with Crippen molar-refractivity contribution in [2.45, 2.75) is 271 Å². The van der Waals surface area contributed by atoms with E-state index in [0.29, 0.717) is 26.2 Å². The van der Waals surface area contributed by atoms with Crippen molar-refractivity contribution < 1.29 is 19.1 Å². The van der Waals surface area contributed by atoms with Gasteiger partial charge in [-0.25, -0.2) is 4.79 Å². The average Bonchev–Trinajstić information content (AvgIpc) is 3.34. The van der Waals surface area contributed by atoms with Crippen LogP contribution in [0.15, 0.2) is 72.9 Å². The van der Waals surface area contributed by atoms with Gasteiger partial charge < -0.3 is 19.7 Å². The van der Waals surface area contributed by atoms with E-state index >= 15 is 0 Å². The van der Waals surface area contributed by atoms with Gasteiger partial charge in [-0.05, 0) is 136 Å². The number of carbonyl (C=O) groups excluding carboxylic acids is 2. The first kappa shape index (κ1) is 66.1. The molecule has 1 amide bonds. The highest BCUT2D eigenvalue weighted by atomic mass is 16.5. The molecule has 1 N–H and O–H groups in total. The Morgan fingerprint density at radius 3 is 1.14 bits per heavy atom. The highest BCUT2D eigenvalue weighted by Crippen LogP contribution is 2.33. The van der Waals surface area contributed by atoms with Gasteiger partial charge in [0, 0.05) is 24.9 Å². The fourth-order valence-electron chi connectivity index (χ4n) is 8.72. The number of carbonyl (C=O) groups is 2. The normalized spacial score (nSPS) is 12.5. The number of alkyl carbamates (subject to hydrolysis) is 1. The number of amides is 1. The van der Waals surface area contributed by atoms with Crippen LogP contribution in [0.2, 0.25) is 0 Å². The molecule has 0 aromatic rings. The van der Waals surface area contributed by atoms with Crippen LogP contribution in [-0.4, -0.2) is 57.4 Å². The molecule has 0 fully saturated rings. The van der Waals surface area contributed by atoms with Crippen molar-refractivity contribution in [2.24, 2.45) is 5.41 Å². The summed E-state index contributed by atoms with van der Waals surface area (Å²) in [6.45, 7) is 8.90. The molecule has 6 nitrogen and oxygen atoms in total. The van der Waals surface area contributed by atoms with E-state index in [-0.39, 0.29) is 17.5 Å². The van der Waals surface area contributed by atoms with E-state index < -0.39 is 0 Å². The van der Waals surface area contributed by atoms with Crippen LogP contribution in [0.5, 0.6) is 0 Å². The number of allylic oxidation sites excluding steroid dienone is 12. The summed E-state index contributed by atoms with van der Waals surface area (Å²) in [5.74, 6) is -0.0922. The summed E-state index contributed by atoms with van der Waals surface area (Å²) in [5, 5.41) is 3.15. The van der Waals surface area contributed by atoms with E-state index in [1.807, 2.05) is 14.1 Å². The minimum atomic E-state index is -0.358.